The Morgan fingerprint density at radius 1 is 1.67 bits per heavy atom. The monoisotopic (exact) mass is 187 g/mol. The Labute approximate surface area is 73.4 Å². The summed E-state index contributed by atoms with van der Waals surface area (Å²) in [6.45, 7) is 0. The smallest absolute Gasteiger partial charge is 0.337 e. The Morgan fingerprint density at radius 3 is 2.83 bits per heavy atom. The maximum atomic E-state index is 10.3. The van der Waals surface area contributed by atoms with Crippen molar-refractivity contribution < 1.29 is 15.0 Å². The highest BCUT2D eigenvalue weighted by molar-refractivity contribution is 6.30. The number of hydrogen-bond donors (Lipinski definition) is 2. The highest BCUT2D eigenvalue weighted by atomic mass is 35.5. The maximum absolute atomic E-state index is 10.3. The molecule has 0 spiro atoms. The molecule has 0 aromatic carbocycles. The summed E-state index contributed by atoms with van der Waals surface area (Å²) in [6, 6.07) is 2.92. The van der Waals surface area contributed by atoms with Crippen LogP contribution in [0.5, 0.6) is 0 Å². The molecule has 5 heteroatoms. The quantitative estimate of drug-likeness (QED) is 0.674. The minimum absolute atomic E-state index is 0.00685. The molecule has 0 amide bonds. The lowest BCUT2D eigenvalue weighted by molar-refractivity contribution is -0.146. The van der Waals surface area contributed by atoms with E-state index in [1.165, 1.54) is 18.3 Å². The average Bonchev–Trinajstić information content (AvgIpc) is 2.04. The lowest BCUT2D eigenvalue weighted by atomic mass is 10.2. The molecule has 0 aliphatic heterocycles. The predicted octanol–water partition coefficient (Wildman–Crippen LogP) is 0.853. The fourth-order valence-electron chi connectivity index (χ4n) is 0.735. The number of carbonyl (C=O) groups is 1. The summed E-state index contributed by atoms with van der Waals surface area (Å²) in [5, 5.41) is 17.5. The molecule has 1 unspecified atom stereocenters. The van der Waals surface area contributed by atoms with Crippen LogP contribution in [-0.4, -0.2) is 21.2 Å². The molecule has 0 aliphatic carbocycles. The Balaban J connectivity index is 3.02. The van der Waals surface area contributed by atoms with Crippen molar-refractivity contribution in [3.63, 3.8) is 0 Å². The van der Waals surface area contributed by atoms with Gasteiger partial charge in [0.2, 0.25) is 0 Å². The molecule has 1 aromatic rings. The van der Waals surface area contributed by atoms with E-state index in [4.69, 9.17) is 21.8 Å². The second kappa shape index (κ2) is 3.51. The summed E-state index contributed by atoms with van der Waals surface area (Å²) in [5.41, 5.74) is 0.103. The molecule has 0 fully saturated rings. The van der Waals surface area contributed by atoms with Crippen molar-refractivity contribution in [2.75, 3.05) is 0 Å². The summed E-state index contributed by atoms with van der Waals surface area (Å²) in [7, 11) is 0. The third kappa shape index (κ3) is 1.72. The van der Waals surface area contributed by atoms with Gasteiger partial charge in [-0.2, -0.15) is 0 Å². The van der Waals surface area contributed by atoms with Crippen molar-refractivity contribution in [1.82, 2.24) is 4.98 Å². The maximum Gasteiger partial charge on any atom is 0.337 e. The van der Waals surface area contributed by atoms with Crippen LogP contribution in [0.25, 0.3) is 0 Å². The topological polar surface area (TPSA) is 70.4 Å². The molecule has 2 N–H and O–H groups in total. The number of carboxylic acids is 1. The molecule has 0 aliphatic rings. The largest absolute Gasteiger partial charge is 0.479 e. The first-order valence-electron chi connectivity index (χ1n) is 3.14. The molecule has 1 heterocycles. The number of nitrogens with zero attached hydrogens (tertiary/aromatic N) is 1. The van der Waals surface area contributed by atoms with Gasteiger partial charge in [-0.25, -0.2) is 9.78 Å². The summed E-state index contributed by atoms with van der Waals surface area (Å²) >= 11 is 5.53. The second-order valence-electron chi connectivity index (χ2n) is 2.12. The van der Waals surface area contributed by atoms with Crippen molar-refractivity contribution in [2.45, 2.75) is 6.10 Å². The Morgan fingerprint density at radius 2 is 2.33 bits per heavy atom. The number of aliphatic hydroxyl groups is 1. The normalized spacial score (nSPS) is 12.5. The Bertz CT molecular complexity index is 302. The molecular weight excluding hydrogens is 182 g/mol. The number of aromatic nitrogens is 1. The Hall–Kier alpha value is -1.13. The van der Waals surface area contributed by atoms with Gasteiger partial charge in [0, 0.05) is 11.8 Å². The van der Waals surface area contributed by atoms with Gasteiger partial charge in [0.15, 0.2) is 6.10 Å². The fourth-order valence-corrected chi connectivity index (χ4v) is 0.958. The van der Waals surface area contributed by atoms with Gasteiger partial charge in [0.05, 0.1) is 0 Å². The van der Waals surface area contributed by atoms with Crippen molar-refractivity contribution in [2.24, 2.45) is 0 Å². The lowest BCUT2D eigenvalue weighted by Crippen LogP contribution is -2.11. The molecule has 1 rings (SSSR count). The number of aliphatic hydroxyl groups excluding tert-OH is 1. The van der Waals surface area contributed by atoms with Gasteiger partial charge in [0.25, 0.3) is 0 Å². The van der Waals surface area contributed by atoms with E-state index in [9.17, 15) is 4.79 Å². The molecule has 64 valence electrons. The van der Waals surface area contributed by atoms with Gasteiger partial charge in [0.1, 0.15) is 5.15 Å². The molecule has 1 aromatic heterocycles. The molecular formula is C7H6ClNO3. The third-order valence-corrected chi connectivity index (χ3v) is 1.63. The van der Waals surface area contributed by atoms with E-state index < -0.39 is 12.1 Å². The van der Waals surface area contributed by atoms with Gasteiger partial charge in [-0.05, 0) is 6.07 Å². The number of aliphatic carboxylic acids is 1. The first-order chi connectivity index (χ1) is 5.63. The summed E-state index contributed by atoms with van der Waals surface area (Å²) in [4.78, 5) is 13.9. The van der Waals surface area contributed by atoms with Crippen LogP contribution in [0.2, 0.25) is 5.15 Å². The molecule has 1 atom stereocenters. The van der Waals surface area contributed by atoms with Crippen LogP contribution in [0.1, 0.15) is 11.7 Å². The first kappa shape index (κ1) is 8.96. The molecule has 12 heavy (non-hydrogen) atoms. The van der Waals surface area contributed by atoms with Crippen molar-refractivity contribution >= 4 is 17.6 Å². The SMILES string of the molecule is O=C(O)C(O)c1cccnc1Cl. The van der Waals surface area contributed by atoms with Gasteiger partial charge in [-0.1, -0.05) is 17.7 Å². The van der Waals surface area contributed by atoms with E-state index in [1.807, 2.05) is 0 Å². The van der Waals surface area contributed by atoms with Gasteiger partial charge in [-0.3, -0.25) is 0 Å². The van der Waals surface area contributed by atoms with Crippen molar-refractivity contribution in [3.8, 4) is 0 Å². The van der Waals surface area contributed by atoms with Crippen LogP contribution in [0.15, 0.2) is 18.3 Å². The minimum atomic E-state index is -1.61. The van der Waals surface area contributed by atoms with Gasteiger partial charge in [-0.15, -0.1) is 0 Å². The number of carboxylic acid groups (broad SMARTS) is 1. The van der Waals surface area contributed by atoms with Crippen LogP contribution in [0.3, 0.4) is 0 Å². The molecule has 4 nitrogen and oxygen atoms in total. The zero-order chi connectivity index (χ0) is 9.14. The number of halogens is 1. The Kier molecular flexibility index (Phi) is 2.62. The highest BCUT2D eigenvalue weighted by Gasteiger charge is 2.18. The molecule has 0 bridgehead atoms. The van der Waals surface area contributed by atoms with Crippen LogP contribution in [0, 0.1) is 0 Å². The molecule has 0 radical (unpaired) electrons. The van der Waals surface area contributed by atoms with Crippen molar-refractivity contribution in [3.05, 3.63) is 29.0 Å². The summed E-state index contributed by atoms with van der Waals surface area (Å²) in [6.07, 6.45) is -0.188. The van der Waals surface area contributed by atoms with E-state index in [1.54, 1.807) is 0 Å². The first-order valence-corrected chi connectivity index (χ1v) is 3.52. The highest BCUT2D eigenvalue weighted by Crippen LogP contribution is 2.19. The predicted molar refractivity (Wildman–Crippen MR) is 41.8 cm³/mol. The summed E-state index contributed by atoms with van der Waals surface area (Å²) < 4.78 is 0. The van der Waals surface area contributed by atoms with E-state index >= 15 is 0 Å². The number of hydrogen-bond acceptors (Lipinski definition) is 3. The van der Waals surface area contributed by atoms with E-state index in [-0.39, 0.29) is 10.7 Å². The lowest BCUT2D eigenvalue weighted by Gasteiger charge is -2.05. The average molecular weight is 188 g/mol. The van der Waals surface area contributed by atoms with Crippen LogP contribution in [0.4, 0.5) is 0 Å². The summed E-state index contributed by atoms with van der Waals surface area (Å²) in [5.74, 6) is -1.34. The van der Waals surface area contributed by atoms with Gasteiger partial charge < -0.3 is 10.2 Å². The molecule has 0 saturated carbocycles. The van der Waals surface area contributed by atoms with Crippen LogP contribution >= 0.6 is 11.6 Å². The van der Waals surface area contributed by atoms with E-state index in [0.717, 1.165) is 0 Å². The third-order valence-electron chi connectivity index (χ3n) is 1.32. The van der Waals surface area contributed by atoms with Crippen LogP contribution in [-0.2, 0) is 4.79 Å². The van der Waals surface area contributed by atoms with Crippen molar-refractivity contribution in [1.29, 1.82) is 0 Å². The number of pyridine rings is 1. The number of rotatable bonds is 2. The second-order valence-corrected chi connectivity index (χ2v) is 2.48. The van der Waals surface area contributed by atoms with E-state index in [2.05, 4.69) is 4.98 Å². The zero-order valence-electron chi connectivity index (χ0n) is 5.94. The minimum Gasteiger partial charge on any atom is -0.479 e. The standard InChI is InChI=1S/C7H6ClNO3/c8-6-4(2-1-3-9-6)5(10)7(11)12/h1-3,5,10H,(H,11,12). The van der Waals surface area contributed by atoms with Crippen LogP contribution < -0.4 is 0 Å². The fraction of sp³-hybridized carbons (Fsp3) is 0.143. The molecule has 0 saturated heterocycles. The van der Waals surface area contributed by atoms with Gasteiger partial charge >= 0.3 is 5.97 Å². The van der Waals surface area contributed by atoms with E-state index in [0.29, 0.717) is 0 Å². The zero-order valence-corrected chi connectivity index (χ0v) is 6.69.